The second kappa shape index (κ2) is 5.82. The molecule has 2 fully saturated rings. The molecule has 1 saturated heterocycles. The Morgan fingerprint density at radius 2 is 1.78 bits per heavy atom. The van der Waals surface area contributed by atoms with Crippen molar-refractivity contribution < 1.29 is 0 Å². The molecule has 0 amide bonds. The van der Waals surface area contributed by atoms with Crippen LogP contribution in [0.2, 0.25) is 5.02 Å². The number of halogens is 1. The zero-order valence-electron chi connectivity index (χ0n) is 14.3. The molecule has 0 spiro atoms. The average molecular weight is 331 g/mol. The number of fused-ring (bicyclic) bond motifs is 1. The molecule has 1 aromatic rings. The van der Waals surface area contributed by atoms with E-state index < -0.39 is 0 Å². The highest BCUT2D eigenvalue weighted by Gasteiger charge is 2.51. The van der Waals surface area contributed by atoms with Gasteiger partial charge in [-0.1, -0.05) is 37.1 Å². The predicted molar refractivity (Wildman–Crippen MR) is 98.2 cm³/mol. The van der Waals surface area contributed by atoms with Crippen molar-refractivity contribution in [2.24, 2.45) is 17.3 Å². The predicted octanol–water partition coefficient (Wildman–Crippen LogP) is 4.45. The van der Waals surface area contributed by atoms with Crippen LogP contribution in [0.5, 0.6) is 0 Å². The normalized spacial score (nSPS) is 29.9. The highest BCUT2D eigenvalue weighted by atomic mass is 35.5. The van der Waals surface area contributed by atoms with Gasteiger partial charge < -0.3 is 4.90 Å². The summed E-state index contributed by atoms with van der Waals surface area (Å²) in [6, 6.07) is 8.26. The topological polar surface area (TPSA) is 6.48 Å². The van der Waals surface area contributed by atoms with Gasteiger partial charge in [0.2, 0.25) is 0 Å². The fraction of sp³-hybridized carbons (Fsp3) is 0.600. The van der Waals surface area contributed by atoms with Gasteiger partial charge in [0.25, 0.3) is 0 Å². The van der Waals surface area contributed by atoms with Crippen LogP contribution >= 0.6 is 11.6 Å². The Labute approximate surface area is 145 Å². The van der Waals surface area contributed by atoms with Gasteiger partial charge in [0, 0.05) is 43.4 Å². The van der Waals surface area contributed by atoms with Gasteiger partial charge in [0.15, 0.2) is 0 Å². The van der Waals surface area contributed by atoms with Crippen molar-refractivity contribution in [1.82, 2.24) is 4.90 Å². The summed E-state index contributed by atoms with van der Waals surface area (Å²) >= 11 is 5.99. The molecule has 2 atom stereocenters. The summed E-state index contributed by atoms with van der Waals surface area (Å²) < 4.78 is 0. The molecule has 3 aliphatic carbocycles. The maximum absolute atomic E-state index is 5.99. The number of rotatable bonds is 3. The third kappa shape index (κ3) is 2.81. The average Bonchev–Trinajstić information content (AvgIpc) is 2.56. The van der Waals surface area contributed by atoms with Gasteiger partial charge in [-0.05, 0) is 54.4 Å². The second-order valence-electron chi connectivity index (χ2n) is 8.06. The van der Waals surface area contributed by atoms with Gasteiger partial charge in [-0.2, -0.15) is 0 Å². The van der Waals surface area contributed by atoms with Crippen LogP contribution in [0.1, 0.15) is 26.7 Å². The molecule has 0 aromatic heterocycles. The largest absolute Gasteiger partial charge is 0.369 e. The zero-order chi connectivity index (χ0) is 16.0. The highest BCUT2D eigenvalue weighted by Crippen LogP contribution is 2.59. The molecule has 2 bridgehead atoms. The van der Waals surface area contributed by atoms with Crippen LogP contribution in [-0.4, -0.2) is 37.6 Å². The maximum atomic E-state index is 5.99. The summed E-state index contributed by atoms with van der Waals surface area (Å²) in [7, 11) is 0. The van der Waals surface area contributed by atoms with Gasteiger partial charge in [-0.25, -0.2) is 0 Å². The lowest BCUT2D eigenvalue weighted by molar-refractivity contribution is -0.0107. The maximum Gasteiger partial charge on any atom is 0.0407 e. The first-order valence-electron chi connectivity index (χ1n) is 8.96. The summed E-state index contributed by atoms with van der Waals surface area (Å²) in [5, 5.41) is 0.818. The number of hydrogen-bond donors (Lipinski definition) is 0. The van der Waals surface area contributed by atoms with Crippen molar-refractivity contribution >= 4 is 17.3 Å². The number of nitrogens with zero attached hydrogens (tertiary/aromatic N) is 2. The molecular formula is C20H27ClN2. The standard InChI is InChI=1S/C20H27ClN2/c1-20(2)16-4-3-15(19(20)13-16)14-22-9-11-23(12-10-22)18-7-5-17(21)6-8-18/h3,5-8,16,19H,4,9-14H2,1-2H3/t16-,19-/m0/s1. The Balaban J connectivity index is 1.34. The molecule has 0 radical (unpaired) electrons. The minimum atomic E-state index is 0.551. The van der Waals surface area contributed by atoms with Crippen molar-refractivity contribution in [1.29, 1.82) is 0 Å². The van der Waals surface area contributed by atoms with Crippen molar-refractivity contribution in [2.45, 2.75) is 26.7 Å². The fourth-order valence-electron chi connectivity index (χ4n) is 4.73. The summed E-state index contributed by atoms with van der Waals surface area (Å²) in [4.78, 5) is 5.12. The van der Waals surface area contributed by atoms with E-state index in [0.717, 1.165) is 43.0 Å². The van der Waals surface area contributed by atoms with Crippen molar-refractivity contribution in [3.63, 3.8) is 0 Å². The lowest BCUT2D eigenvalue weighted by Gasteiger charge is -2.57. The third-order valence-corrected chi connectivity index (χ3v) is 6.80. The van der Waals surface area contributed by atoms with Crippen molar-refractivity contribution in [3.05, 3.63) is 40.9 Å². The SMILES string of the molecule is CC1(C)[C@H]2CC=C(CN3CCN(c4ccc(Cl)cc4)CC3)[C@@H]1C2. The zero-order valence-corrected chi connectivity index (χ0v) is 15.0. The van der Waals surface area contributed by atoms with Crippen LogP contribution in [0.3, 0.4) is 0 Å². The van der Waals surface area contributed by atoms with Crippen molar-refractivity contribution in [2.75, 3.05) is 37.6 Å². The number of benzene rings is 1. The fourth-order valence-corrected chi connectivity index (χ4v) is 4.86. The molecule has 124 valence electrons. The molecule has 1 aliphatic heterocycles. The summed E-state index contributed by atoms with van der Waals surface area (Å²) in [6.45, 7) is 10.7. The van der Waals surface area contributed by atoms with E-state index in [2.05, 4.69) is 41.9 Å². The Morgan fingerprint density at radius 3 is 2.39 bits per heavy atom. The van der Waals surface area contributed by atoms with Gasteiger partial charge in [0.1, 0.15) is 0 Å². The molecule has 23 heavy (non-hydrogen) atoms. The Kier molecular flexibility index (Phi) is 3.93. The minimum absolute atomic E-state index is 0.551. The van der Waals surface area contributed by atoms with E-state index in [4.69, 9.17) is 11.6 Å². The molecule has 1 aromatic carbocycles. The minimum Gasteiger partial charge on any atom is -0.369 e. The first kappa shape index (κ1) is 15.5. The molecule has 2 nitrogen and oxygen atoms in total. The van der Waals surface area contributed by atoms with E-state index in [0.29, 0.717) is 5.41 Å². The quantitative estimate of drug-likeness (QED) is 0.755. The first-order valence-corrected chi connectivity index (χ1v) is 9.33. The number of allylic oxidation sites excluding steroid dienone is 1. The molecule has 0 N–H and O–H groups in total. The third-order valence-electron chi connectivity index (χ3n) is 6.55. The monoisotopic (exact) mass is 330 g/mol. The number of hydrogen-bond acceptors (Lipinski definition) is 2. The summed E-state index contributed by atoms with van der Waals surface area (Å²) in [5.41, 5.74) is 3.57. The molecule has 0 unspecified atom stereocenters. The van der Waals surface area contributed by atoms with E-state index in [-0.39, 0.29) is 0 Å². The second-order valence-corrected chi connectivity index (χ2v) is 8.50. The van der Waals surface area contributed by atoms with Crippen LogP contribution in [0.4, 0.5) is 5.69 Å². The molecule has 1 saturated carbocycles. The Morgan fingerprint density at radius 1 is 1.09 bits per heavy atom. The molecule has 1 heterocycles. The number of anilines is 1. The van der Waals surface area contributed by atoms with Crippen LogP contribution in [-0.2, 0) is 0 Å². The van der Waals surface area contributed by atoms with Gasteiger partial charge in [-0.15, -0.1) is 0 Å². The van der Waals surface area contributed by atoms with Crippen molar-refractivity contribution in [3.8, 4) is 0 Å². The van der Waals surface area contributed by atoms with E-state index in [9.17, 15) is 0 Å². The molecular weight excluding hydrogens is 304 g/mol. The first-order chi connectivity index (χ1) is 11.0. The summed E-state index contributed by atoms with van der Waals surface area (Å²) in [5.74, 6) is 1.79. The molecule has 3 heteroatoms. The van der Waals surface area contributed by atoms with Crippen LogP contribution < -0.4 is 4.90 Å². The van der Waals surface area contributed by atoms with E-state index in [1.807, 2.05) is 12.1 Å². The van der Waals surface area contributed by atoms with E-state index in [1.165, 1.54) is 25.1 Å². The molecule has 4 aliphatic rings. The van der Waals surface area contributed by atoms with Crippen LogP contribution in [0, 0.1) is 17.3 Å². The van der Waals surface area contributed by atoms with Crippen LogP contribution in [0.25, 0.3) is 0 Å². The van der Waals surface area contributed by atoms with Gasteiger partial charge in [0.05, 0.1) is 0 Å². The van der Waals surface area contributed by atoms with Gasteiger partial charge in [-0.3, -0.25) is 4.90 Å². The summed E-state index contributed by atoms with van der Waals surface area (Å²) in [6.07, 6.45) is 5.29. The smallest absolute Gasteiger partial charge is 0.0407 e. The van der Waals surface area contributed by atoms with Gasteiger partial charge >= 0.3 is 0 Å². The lowest BCUT2D eigenvalue weighted by Crippen LogP contribution is -2.52. The van der Waals surface area contributed by atoms with E-state index >= 15 is 0 Å². The highest BCUT2D eigenvalue weighted by molar-refractivity contribution is 6.30. The van der Waals surface area contributed by atoms with Crippen LogP contribution in [0.15, 0.2) is 35.9 Å². The lowest BCUT2D eigenvalue weighted by atomic mass is 9.49. The Bertz CT molecular complexity index is 597. The molecule has 5 rings (SSSR count). The number of piperazine rings is 1. The van der Waals surface area contributed by atoms with E-state index in [1.54, 1.807) is 5.57 Å². The Hall–Kier alpha value is -0.990.